The van der Waals surface area contributed by atoms with Crippen molar-refractivity contribution >= 4 is 17.1 Å². The van der Waals surface area contributed by atoms with E-state index in [2.05, 4.69) is 4.98 Å². The van der Waals surface area contributed by atoms with Crippen molar-refractivity contribution in [1.29, 1.82) is 0 Å². The summed E-state index contributed by atoms with van der Waals surface area (Å²) in [6.45, 7) is 6.37. The molecule has 7 nitrogen and oxygen atoms in total. The van der Waals surface area contributed by atoms with E-state index in [1.165, 1.54) is 6.07 Å². The highest BCUT2D eigenvalue weighted by Gasteiger charge is 2.35. The second kappa shape index (κ2) is 7.81. The number of ether oxygens (including phenoxy) is 1. The molecule has 1 saturated carbocycles. The summed E-state index contributed by atoms with van der Waals surface area (Å²) in [5, 5.41) is 9.60. The molecule has 1 aliphatic rings. The van der Waals surface area contributed by atoms with Crippen molar-refractivity contribution in [1.82, 2.24) is 14.5 Å². The van der Waals surface area contributed by atoms with Crippen molar-refractivity contribution in [2.45, 2.75) is 58.0 Å². The Morgan fingerprint density at radius 1 is 1.25 bits per heavy atom. The Morgan fingerprint density at radius 2 is 1.93 bits per heavy atom. The third kappa shape index (κ3) is 4.13. The molecule has 0 atom stereocenters. The van der Waals surface area contributed by atoms with E-state index >= 15 is 0 Å². The summed E-state index contributed by atoms with van der Waals surface area (Å²) in [7, 11) is 1.72. The fraction of sp³-hybridized carbons (Fsp3) is 0.571. The summed E-state index contributed by atoms with van der Waals surface area (Å²) in [4.78, 5) is 29.5. The molecule has 1 amide bonds. The predicted molar refractivity (Wildman–Crippen MR) is 108 cm³/mol. The maximum Gasteiger partial charge on any atom is 0.407 e. The summed E-state index contributed by atoms with van der Waals surface area (Å²) in [5.74, 6) is 1.03. The number of aryl methyl sites for hydroxylation is 1. The Kier molecular flexibility index (Phi) is 5.63. The van der Waals surface area contributed by atoms with Crippen LogP contribution in [0, 0.1) is 5.92 Å². The number of aromatic nitrogens is 2. The van der Waals surface area contributed by atoms with Crippen LogP contribution in [0.3, 0.4) is 0 Å². The van der Waals surface area contributed by atoms with Gasteiger partial charge in [-0.2, -0.15) is 0 Å². The van der Waals surface area contributed by atoms with Gasteiger partial charge in [-0.25, -0.2) is 4.79 Å². The minimum atomic E-state index is -0.851. The Labute approximate surface area is 164 Å². The molecule has 2 aromatic rings. The molecular formula is C21H29N3O4. The molecular weight excluding hydrogens is 358 g/mol. The molecule has 0 spiro atoms. The minimum absolute atomic E-state index is 0.0522. The van der Waals surface area contributed by atoms with Crippen molar-refractivity contribution in [3.8, 4) is 5.75 Å². The van der Waals surface area contributed by atoms with Crippen LogP contribution in [-0.4, -0.2) is 43.8 Å². The molecule has 28 heavy (non-hydrogen) atoms. The van der Waals surface area contributed by atoms with Crippen LogP contribution in [0.2, 0.25) is 0 Å². The van der Waals surface area contributed by atoms with Gasteiger partial charge in [0.1, 0.15) is 11.3 Å². The first-order valence-electron chi connectivity index (χ1n) is 9.78. The third-order valence-electron chi connectivity index (χ3n) is 5.55. The van der Waals surface area contributed by atoms with Crippen molar-refractivity contribution in [2.75, 3.05) is 6.61 Å². The lowest BCUT2D eigenvalue weighted by atomic mass is 9.84. The average Bonchev–Trinajstić information content (AvgIpc) is 2.62. The molecule has 0 bridgehead atoms. The summed E-state index contributed by atoms with van der Waals surface area (Å²) in [5.41, 5.74) is 0.932. The third-order valence-corrected chi connectivity index (χ3v) is 5.55. The number of hydrogen-bond donors (Lipinski definition) is 1. The molecule has 7 heteroatoms. The first-order valence-corrected chi connectivity index (χ1v) is 9.78. The molecule has 0 radical (unpaired) electrons. The van der Waals surface area contributed by atoms with Gasteiger partial charge in [0, 0.05) is 37.0 Å². The van der Waals surface area contributed by atoms with E-state index in [1.807, 2.05) is 20.8 Å². The molecule has 1 aliphatic carbocycles. The van der Waals surface area contributed by atoms with Crippen LogP contribution < -0.4 is 10.3 Å². The molecule has 3 rings (SSSR count). The molecule has 0 saturated heterocycles. The van der Waals surface area contributed by atoms with E-state index in [1.54, 1.807) is 34.8 Å². The lowest BCUT2D eigenvalue weighted by Crippen LogP contribution is -2.52. The van der Waals surface area contributed by atoms with Gasteiger partial charge < -0.3 is 19.3 Å². The van der Waals surface area contributed by atoms with Gasteiger partial charge in [-0.1, -0.05) is 0 Å². The van der Waals surface area contributed by atoms with E-state index in [0.717, 1.165) is 31.2 Å². The fourth-order valence-electron chi connectivity index (χ4n) is 4.17. The summed E-state index contributed by atoms with van der Waals surface area (Å²) in [6.07, 6.45) is 4.36. The molecule has 0 aliphatic heterocycles. The standard InChI is InChI=1S/C21H29N3O4/c1-21(2,3)24(20(26)27)15-7-5-14(6-8-15)13-28-17-11-12-22-16-9-10-18(25)23(4)19(16)17/h9-12,14-15H,5-8,13H2,1-4H3,(H,26,27)/t14-,15-. The van der Waals surface area contributed by atoms with Crippen LogP contribution in [-0.2, 0) is 7.05 Å². The molecule has 0 unspecified atom stereocenters. The Hall–Kier alpha value is -2.57. The molecule has 0 aromatic carbocycles. The summed E-state index contributed by atoms with van der Waals surface area (Å²) in [6, 6.07) is 5.06. The normalized spacial score (nSPS) is 20.1. The second-order valence-corrected chi connectivity index (χ2v) is 8.58. The first-order chi connectivity index (χ1) is 13.2. The lowest BCUT2D eigenvalue weighted by Gasteiger charge is -2.42. The zero-order chi connectivity index (χ0) is 20.5. The summed E-state index contributed by atoms with van der Waals surface area (Å²) < 4.78 is 7.63. The van der Waals surface area contributed by atoms with Crippen molar-refractivity contribution in [3.63, 3.8) is 0 Å². The SMILES string of the molecule is Cn1c(=O)ccc2nccc(OC[C@H]3CC[C@H](N(C(=O)O)C(C)(C)C)CC3)c21. The zero-order valence-electron chi connectivity index (χ0n) is 17.0. The van der Waals surface area contributed by atoms with Crippen molar-refractivity contribution in [2.24, 2.45) is 13.0 Å². The van der Waals surface area contributed by atoms with Crippen LogP contribution >= 0.6 is 0 Å². The molecule has 2 aromatic heterocycles. The Bertz CT molecular complexity index is 908. The predicted octanol–water partition coefficient (Wildman–Crippen LogP) is 3.65. The topological polar surface area (TPSA) is 84.7 Å². The highest BCUT2D eigenvalue weighted by atomic mass is 16.5. The van der Waals surface area contributed by atoms with Crippen LogP contribution in [0.4, 0.5) is 4.79 Å². The fourth-order valence-corrected chi connectivity index (χ4v) is 4.17. The zero-order valence-corrected chi connectivity index (χ0v) is 17.0. The van der Waals surface area contributed by atoms with Crippen LogP contribution in [0.5, 0.6) is 5.75 Å². The largest absolute Gasteiger partial charge is 0.491 e. The number of fused-ring (bicyclic) bond motifs is 1. The number of carbonyl (C=O) groups is 1. The monoisotopic (exact) mass is 387 g/mol. The number of carboxylic acid groups (broad SMARTS) is 1. The van der Waals surface area contributed by atoms with E-state index in [9.17, 15) is 14.7 Å². The van der Waals surface area contributed by atoms with Gasteiger partial charge in [0.2, 0.25) is 0 Å². The van der Waals surface area contributed by atoms with Gasteiger partial charge in [-0.3, -0.25) is 9.78 Å². The first kappa shape index (κ1) is 20.2. The number of nitrogens with zero attached hydrogens (tertiary/aromatic N) is 3. The lowest BCUT2D eigenvalue weighted by molar-refractivity contribution is 0.0462. The van der Waals surface area contributed by atoms with Crippen LogP contribution in [0.1, 0.15) is 46.5 Å². The number of hydrogen-bond acceptors (Lipinski definition) is 4. The van der Waals surface area contributed by atoms with Gasteiger partial charge in [0.25, 0.3) is 5.56 Å². The minimum Gasteiger partial charge on any atom is -0.491 e. The number of pyridine rings is 2. The second-order valence-electron chi connectivity index (χ2n) is 8.58. The molecule has 2 heterocycles. The van der Waals surface area contributed by atoms with E-state index < -0.39 is 11.6 Å². The molecule has 1 N–H and O–H groups in total. The van der Waals surface area contributed by atoms with Crippen LogP contribution in [0.25, 0.3) is 11.0 Å². The Balaban J connectivity index is 1.65. The van der Waals surface area contributed by atoms with Gasteiger partial charge in [0.15, 0.2) is 0 Å². The quantitative estimate of drug-likeness (QED) is 0.866. The van der Waals surface area contributed by atoms with Gasteiger partial charge in [0.05, 0.1) is 12.1 Å². The maximum absolute atomic E-state index is 12.0. The van der Waals surface area contributed by atoms with Gasteiger partial charge >= 0.3 is 6.09 Å². The average molecular weight is 387 g/mol. The van der Waals surface area contributed by atoms with Crippen LogP contribution in [0.15, 0.2) is 29.2 Å². The van der Waals surface area contributed by atoms with Crippen molar-refractivity contribution < 1.29 is 14.6 Å². The molecule has 1 fully saturated rings. The van der Waals surface area contributed by atoms with Crippen molar-refractivity contribution in [3.05, 3.63) is 34.7 Å². The highest BCUT2D eigenvalue weighted by Crippen LogP contribution is 2.32. The summed E-state index contributed by atoms with van der Waals surface area (Å²) >= 11 is 0. The van der Waals surface area contributed by atoms with Gasteiger partial charge in [-0.05, 0) is 58.4 Å². The van der Waals surface area contributed by atoms with E-state index in [4.69, 9.17) is 4.74 Å². The van der Waals surface area contributed by atoms with E-state index in [-0.39, 0.29) is 11.6 Å². The van der Waals surface area contributed by atoms with Gasteiger partial charge in [-0.15, -0.1) is 0 Å². The van der Waals surface area contributed by atoms with E-state index in [0.29, 0.717) is 23.8 Å². The number of rotatable bonds is 4. The molecule has 152 valence electrons. The highest BCUT2D eigenvalue weighted by molar-refractivity contribution is 5.80. The smallest absolute Gasteiger partial charge is 0.407 e. The maximum atomic E-state index is 12.0. The number of amides is 1. The Morgan fingerprint density at radius 3 is 2.54 bits per heavy atom.